The van der Waals surface area contributed by atoms with Crippen LogP contribution in [0.5, 0.6) is 0 Å². The molecule has 2 bridgehead atoms. The largest absolute Gasteiger partial charge is 0.254 e. The third kappa shape index (κ3) is 2.17. The predicted octanol–water partition coefficient (Wildman–Crippen LogP) is 3.37. The second kappa shape index (κ2) is 4.52. The Balaban J connectivity index is 1.70. The van der Waals surface area contributed by atoms with Crippen LogP contribution in [0.15, 0.2) is 29.2 Å². The predicted molar refractivity (Wildman–Crippen MR) is 66.6 cm³/mol. The Kier molecular flexibility index (Phi) is 3.03. The topological polar surface area (TPSA) is 17.1 Å². The molecule has 2 aliphatic carbocycles. The quantitative estimate of drug-likeness (QED) is 0.806. The Hall–Kier alpha value is -0.700. The van der Waals surface area contributed by atoms with Crippen molar-refractivity contribution in [2.24, 2.45) is 17.8 Å². The van der Waals surface area contributed by atoms with Crippen molar-refractivity contribution in [3.8, 4) is 0 Å². The zero-order valence-electron chi connectivity index (χ0n) is 9.77. The number of benzene rings is 1. The Morgan fingerprint density at radius 3 is 2.71 bits per heavy atom. The molecule has 1 nitrogen and oxygen atoms in total. The Bertz CT molecular complexity index is 446. The van der Waals surface area contributed by atoms with Gasteiger partial charge in [-0.1, -0.05) is 18.6 Å². The number of halogens is 1. The van der Waals surface area contributed by atoms with E-state index >= 15 is 0 Å². The first-order chi connectivity index (χ1) is 8.24. The van der Waals surface area contributed by atoms with E-state index in [9.17, 15) is 8.60 Å². The van der Waals surface area contributed by atoms with E-state index in [-0.39, 0.29) is 5.82 Å². The summed E-state index contributed by atoms with van der Waals surface area (Å²) in [6.07, 6.45) is 5.18. The van der Waals surface area contributed by atoms with Crippen molar-refractivity contribution in [1.82, 2.24) is 0 Å². The smallest absolute Gasteiger partial charge is 0.139 e. The van der Waals surface area contributed by atoms with E-state index in [0.29, 0.717) is 16.6 Å². The highest BCUT2D eigenvalue weighted by Crippen LogP contribution is 2.48. The summed E-state index contributed by atoms with van der Waals surface area (Å²) >= 11 is 0. The highest BCUT2D eigenvalue weighted by molar-refractivity contribution is 7.85. The van der Waals surface area contributed by atoms with Crippen molar-refractivity contribution in [3.63, 3.8) is 0 Å². The highest BCUT2D eigenvalue weighted by atomic mass is 32.2. The summed E-state index contributed by atoms with van der Waals surface area (Å²) in [7, 11) is -1.16. The molecule has 2 aliphatic rings. The zero-order valence-corrected chi connectivity index (χ0v) is 10.6. The minimum atomic E-state index is -1.16. The zero-order chi connectivity index (χ0) is 11.8. The van der Waals surface area contributed by atoms with Gasteiger partial charge in [0, 0.05) is 5.75 Å². The molecule has 0 saturated heterocycles. The van der Waals surface area contributed by atoms with Gasteiger partial charge in [0.25, 0.3) is 0 Å². The third-order valence-electron chi connectivity index (χ3n) is 4.33. The SMILES string of the molecule is O=S(CC1CC2CCC1C2)c1ccccc1F. The molecule has 0 amide bonds. The summed E-state index contributed by atoms with van der Waals surface area (Å²) < 4.78 is 25.7. The van der Waals surface area contributed by atoms with Gasteiger partial charge < -0.3 is 0 Å². The fourth-order valence-electron chi connectivity index (χ4n) is 3.49. The monoisotopic (exact) mass is 252 g/mol. The lowest BCUT2D eigenvalue weighted by Crippen LogP contribution is -2.18. The van der Waals surface area contributed by atoms with Crippen molar-refractivity contribution < 1.29 is 8.60 Å². The van der Waals surface area contributed by atoms with Crippen molar-refractivity contribution >= 4 is 10.8 Å². The summed E-state index contributed by atoms with van der Waals surface area (Å²) in [5, 5.41) is 0. The van der Waals surface area contributed by atoms with Crippen LogP contribution in [0.2, 0.25) is 0 Å². The molecule has 0 aromatic heterocycles. The van der Waals surface area contributed by atoms with Crippen LogP contribution in [0.3, 0.4) is 0 Å². The van der Waals surface area contributed by atoms with Crippen LogP contribution in [0, 0.1) is 23.6 Å². The van der Waals surface area contributed by atoms with Gasteiger partial charge in [0.05, 0.1) is 15.7 Å². The van der Waals surface area contributed by atoms with Crippen LogP contribution >= 0.6 is 0 Å². The molecular weight excluding hydrogens is 235 g/mol. The first kappa shape index (κ1) is 11.4. The van der Waals surface area contributed by atoms with E-state index in [0.717, 1.165) is 11.8 Å². The van der Waals surface area contributed by atoms with E-state index in [1.807, 2.05) is 0 Å². The van der Waals surface area contributed by atoms with Crippen molar-refractivity contribution in [1.29, 1.82) is 0 Å². The van der Waals surface area contributed by atoms with Crippen molar-refractivity contribution in [2.45, 2.75) is 30.6 Å². The Labute approximate surface area is 104 Å². The van der Waals surface area contributed by atoms with Crippen molar-refractivity contribution in [3.05, 3.63) is 30.1 Å². The molecule has 0 aliphatic heterocycles. The number of hydrogen-bond acceptors (Lipinski definition) is 1. The molecule has 0 spiro atoms. The van der Waals surface area contributed by atoms with Gasteiger partial charge in [0.15, 0.2) is 0 Å². The summed E-state index contributed by atoms with van der Waals surface area (Å²) in [4.78, 5) is 0.385. The van der Waals surface area contributed by atoms with E-state index in [1.54, 1.807) is 18.2 Å². The normalized spacial score (nSPS) is 32.9. The number of rotatable bonds is 3. The summed E-state index contributed by atoms with van der Waals surface area (Å²) in [6, 6.07) is 6.46. The minimum Gasteiger partial charge on any atom is -0.254 e. The third-order valence-corrected chi connectivity index (χ3v) is 5.88. The molecule has 3 heteroatoms. The first-order valence-electron chi connectivity index (χ1n) is 6.37. The molecule has 17 heavy (non-hydrogen) atoms. The van der Waals surface area contributed by atoms with Gasteiger partial charge in [-0.3, -0.25) is 4.21 Å². The lowest BCUT2D eigenvalue weighted by Gasteiger charge is -2.20. The molecule has 2 saturated carbocycles. The molecule has 92 valence electrons. The molecule has 1 aromatic carbocycles. The van der Waals surface area contributed by atoms with E-state index in [1.165, 1.54) is 31.7 Å². The minimum absolute atomic E-state index is 0.325. The second-order valence-electron chi connectivity index (χ2n) is 5.38. The molecular formula is C14H17FOS. The van der Waals surface area contributed by atoms with Crippen LogP contribution in [-0.4, -0.2) is 9.96 Å². The van der Waals surface area contributed by atoms with E-state index in [2.05, 4.69) is 0 Å². The maximum Gasteiger partial charge on any atom is 0.139 e. The molecule has 1 aromatic rings. The van der Waals surface area contributed by atoms with Gasteiger partial charge in [0.2, 0.25) is 0 Å². The standard InChI is InChI=1S/C14H17FOS/c15-13-3-1-2-4-14(13)17(16)9-12-8-10-5-6-11(12)7-10/h1-4,10-12H,5-9H2. The van der Waals surface area contributed by atoms with Gasteiger partial charge in [-0.05, 0) is 49.1 Å². The molecule has 4 atom stereocenters. The van der Waals surface area contributed by atoms with Gasteiger partial charge >= 0.3 is 0 Å². The summed E-state index contributed by atoms with van der Waals surface area (Å²) in [6.45, 7) is 0. The number of fused-ring (bicyclic) bond motifs is 2. The lowest BCUT2D eigenvalue weighted by atomic mass is 9.90. The summed E-state index contributed by atoms with van der Waals surface area (Å²) in [5.41, 5.74) is 0. The van der Waals surface area contributed by atoms with Crippen LogP contribution in [0.25, 0.3) is 0 Å². The fraction of sp³-hybridized carbons (Fsp3) is 0.571. The van der Waals surface area contributed by atoms with Crippen LogP contribution in [-0.2, 0) is 10.8 Å². The first-order valence-corrected chi connectivity index (χ1v) is 7.69. The fourth-order valence-corrected chi connectivity index (χ4v) is 4.99. The maximum atomic E-state index is 13.5. The van der Waals surface area contributed by atoms with Gasteiger partial charge in [-0.15, -0.1) is 0 Å². The second-order valence-corrected chi connectivity index (χ2v) is 6.84. The Morgan fingerprint density at radius 2 is 2.06 bits per heavy atom. The lowest BCUT2D eigenvalue weighted by molar-refractivity contribution is 0.363. The van der Waals surface area contributed by atoms with Crippen LogP contribution in [0.4, 0.5) is 4.39 Å². The molecule has 0 N–H and O–H groups in total. The molecule has 3 rings (SSSR count). The molecule has 4 unspecified atom stereocenters. The van der Waals surface area contributed by atoms with Crippen molar-refractivity contribution in [2.75, 3.05) is 5.75 Å². The average molecular weight is 252 g/mol. The average Bonchev–Trinajstić information content (AvgIpc) is 2.91. The van der Waals surface area contributed by atoms with Gasteiger partial charge in [-0.2, -0.15) is 0 Å². The van der Waals surface area contributed by atoms with E-state index < -0.39 is 10.8 Å². The van der Waals surface area contributed by atoms with Crippen LogP contribution < -0.4 is 0 Å². The van der Waals surface area contributed by atoms with Gasteiger partial charge in [-0.25, -0.2) is 4.39 Å². The van der Waals surface area contributed by atoms with Gasteiger partial charge in [0.1, 0.15) is 5.82 Å². The van der Waals surface area contributed by atoms with E-state index in [4.69, 9.17) is 0 Å². The molecule has 2 fully saturated rings. The summed E-state index contributed by atoms with van der Waals surface area (Å²) in [5.74, 6) is 2.52. The highest BCUT2D eigenvalue weighted by Gasteiger charge is 2.40. The number of hydrogen-bond donors (Lipinski definition) is 0. The molecule has 0 heterocycles. The maximum absolute atomic E-state index is 13.5. The van der Waals surface area contributed by atoms with Crippen LogP contribution in [0.1, 0.15) is 25.7 Å². The molecule has 0 radical (unpaired) electrons. The Morgan fingerprint density at radius 1 is 1.24 bits per heavy atom.